The minimum atomic E-state index is -0.948. The molecule has 0 aliphatic carbocycles. The summed E-state index contributed by atoms with van der Waals surface area (Å²) < 4.78 is 5.43. The first kappa shape index (κ1) is 9.15. The van der Waals surface area contributed by atoms with Crippen molar-refractivity contribution in [3.8, 4) is 0 Å². The van der Waals surface area contributed by atoms with E-state index in [0.717, 1.165) is 25.1 Å². The fourth-order valence-corrected chi connectivity index (χ4v) is 1.53. The van der Waals surface area contributed by atoms with Gasteiger partial charge >= 0.3 is 5.97 Å². The van der Waals surface area contributed by atoms with Crippen molar-refractivity contribution in [3.05, 3.63) is 29.6 Å². The zero-order chi connectivity index (χ0) is 9.97. The number of pyridine rings is 1. The monoisotopic (exact) mass is 193 g/mol. The van der Waals surface area contributed by atoms with Gasteiger partial charge in [0.05, 0.1) is 17.4 Å². The molecule has 1 aromatic heterocycles. The lowest BCUT2D eigenvalue weighted by atomic mass is 10.1. The van der Waals surface area contributed by atoms with Crippen LogP contribution in [0.15, 0.2) is 18.3 Å². The fourth-order valence-electron chi connectivity index (χ4n) is 1.53. The lowest BCUT2D eigenvalue weighted by molar-refractivity contribution is 0.0695. The van der Waals surface area contributed by atoms with E-state index in [4.69, 9.17) is 9.84 Å². The third-order valence-corrected chi connectivity index (χ3v) is 2.29. The Morgan fingerprint density at radius 2 is 2.43 bits per heavy atom. The topological polar surface area (TPSA) is 59.4 Å². The van der Waals surface area contributed by atoms with Crippen molar-refractivity contribution in [2.75, 3.05) is 6.61 Å². The molecule has 4 nitrogen and oxygen atoms in total. The predicted octanol–water partition coefficient (Wildman–Crippen LogP) is 1.63. The van der Waals surface area contributed by atoms with E-state index in [1.165, 1.54) is 6.20 Å². The molecule has 1 saturated heterocycles. The highest BCUT2D eigenvalue weighted by molar-refractivity contribution is 5.87. The van der Waals surface area contributed by atoms with Gasteiger partial charge in [-0.15, -0.1) is 0 Å². The zero-order valence-corrected chi connectivity index (χ0v) is 7.64. The molecule has 0 unspecified atom stereocenters. The van der Waals surface area contributed by atoms with E-state index in [1.54, 1.807) is 12.1 Å². The molecule has 1 aliphatic heterocycles. The van der Waals surface area contributed by atoms with Crippen molar-refractivity contribution >= 4 is 5.97 Å². The first-order valence-corrected chi connectivity index (χ1v) is 4.58. The van der Waals surface area contributed by atoms with Crippen LogP contribution in [-0.2, 0) is 4.74 Å². The lowest BCUT2D eigenvalue weighted by Gasteiger charge is -2.07. The van der Waals surface area contributed by atoms with Gasteiger partial charge in [-0.2, -0.15) is 0 Å². The highest BCUT2D eigenvalue weighted by atomic mass is 16.5. The average molecular weight is 193 g/mol. The molecule has 0 bridgehead atoms. The summed E-state index contributed by atoms with van der Waals surface area (Å²) in [5.74, 6) is -0.948. The van der Waals surface area contributed by atoms with Crippen LogP contribution in [0.2, 0.25) is 0 Å². The van der Waals surface area contributed by atoms with E-state index in [2.05, 4.69) is 4.98 Å². The molecule has 74 valence electrons. The van der Waals surface area contributed by atoms with E-state index in [-0.39, 0.29) is 11.7 Å². The summed E-state index contributed by atoms with van der Waals surface area (Å²) in [5, 5.41) is 8.67. The van der Waals surface area contributed by atoms with Crippen molar-refractivity contribution in [1.29, 1.82) is 0 Å². The second-order valence-corrected chi connectivity index (χ2v) is 3.28. The largest absolute Gasteiger partial charge is 0.478 e. The number of aromatic carboxylic acids is 1. The molecule has 1 atom stereocenters. The van der Waals surface area contributed by atoms with Crippen molar-refractivity contribution in [3.63, 3.8) is 0 Å². The molecule has 1 fully saturated rings. The van der Waals surface area contributed by atoms with Gasteiger partial charge < -0.3 is 9.84 Å². The Morgan fingerprint density at radius 1 is 1.57 bits per heavy atom. The SMILES string of the molecule is O=C(O)c1ccc([C@H]2CCCO2)nc1. The summed E-state index contributed by atoms with van der Waals surface area (Å²) in [6.07, 6.45) is 3.45. The molecule has 0 saturated carbocycles. The standard InChI is InChI=1S/C10H11NO3/c12-10(13)7-3-4-8(11-6-7)9-2-1-5-14-9/h3-4,6,9H,1-2,5H2,(H,12,13)/t9-/m1/s1. The van der Waals surface area contributed by atoms with Gasteiger partial charge in [-0.25, -0.2) is 4.79 Å². The molecule has 1 aliphatic rings. The van der Waals surface area contributed by atoms with Gasteiger partial charge in [0.2, 0.25) is 0 Å². The Bertz CT molecular complexity index is 328. The Hall–Kier alpha value is -1.42. The minimum absolute atomic E-state index is 0.0536. The van der Waals surface area contributed by atoms with Crippen LogP contribution in [0, 0.1) is 0 Å². The molecule has 1 N–H and O–H groups in total. The Balaban J connectivity index is 2.16. The van der Waals surface area contributed by atoms with Crippen LogP contribution in [0.25, 0.3) is 0 Å². The van der Waals surface area contributed by atoms with Crippen LogP contribution in [0.3, 0.4) is 0 Å². The van der Waals surface area contributed by atoms with E-state index < -0.39 is 5.97 Å². The van der Waals surface area contributed by atoms with E-state index in [1.807, 2.05) is 0 Å². The third kappa shape index (κ3) is 1.75. The van der Waals surface area contributed by atoms with Crippen LogP contribution >= 0.6 is 0 Å². The minimum Gasteiger partial charge on any atom is -0.478 e. The van der Waals surface area contributed by atoms with Crippen LogP contribution in [-0.4, -0.2) is 22.7 Å². The molecule has 0 spiro atoms. The van der Waals surface area contributed by atoms with Gasteiger partial charge in [0, 0.05) is 12.8 Å². The molecule has 1 aromatic rings. The van der Waals surface area contributed by atoms with E-state index in [0.29, 0.717) is 0 Å². The van der Waals surface area contributed by atoms with Crippen LogP contribution in [0.4, 0.5) is 0 Å². The third-order valence-electron chi connectivity index (χ3n) is 2.29. The first-order valence-electron chi connectivity index (χ1n) is 4.58. The maximum absolute atomic E-state index is 10.6. The highest BCUT2D eigenvalue weighted by Gasteiger charge is 2.18. The quantitative estimate of drug-likeness (QED) is 0.775. The maximum Gasteiger partial charge on any atom is 0.337 e. The number of rotatable bonds is 2. The number of hydrogen-bond acceptors (Lipinski definition) is 3. The highest BCUT2D eigenvalue weighted by Crippen LogP contribution is 2.26. The van der Waals surface area contributed by atoms with Crippen LogP contribution in [0.5, 0.6) is 0 Å². The summed E-state index contributed by atoms with van der Waals surface area (Å²) in [6, 6.07) is 3.28. The number of carboxylic acid groups (broad SMARTS) is 1. The number of hydrogen-bond donors (Lipinski definition) is 1. The smallest absolute Gasteiger partial charge is 0.337 e. The number of nitrogens with zero attached hydrogens (tertiary/aromatic N) is 1. The Labute approximate surface area is 81.5 Å². The lowest BCUT2D eigenvalue weighted by Crippen LogP contribution is -2.02. The normalized spacial score (nSPS) is 21.0. The second-order valence-electron chi connectivity index (χ2n) is 3.28. The average Bonchev–Trinajstić information content (AvgIpc) is 2.71. The maximum atomic E-state index is 10.6. The van der Waals surface area contributed by atoms with Crippen molar-refractivity contribution in [2.45, 2.75) is 18.9 Å². The molecule has 0 amide bonds. The molecule has 4 heteroatoms. The summed E-state index contributed by atoms with van der Waals surface area (Å²) in [5.41, 5.74) is 1.04. The zero-order valence-electron chi connectivity index (χ0n) is 7.64. The van der Waals surface area contributed by atoms with E-state index >= 15 is 0 Å². The molecular weight excluding hydrogens is 182 g/mol. The van der Waals surface area contributed by atoms with E-state index in [9.17, 15) is 4.79 Å². The van der Waals surface area contributed by atoms with Crippen LogP contribution in [0.1, 0.15) is 35.0 Å². The number of aromatic nitrogens is 1. The van der Waals surface area contributed by atoms with Gasteiger partial charge in [-0.05, 0) is 25.0 Å². The number of carbonyl (C=O) groups is 1. The van der Waals surface area contributed by atoms with Gasteiger partial charge in [-0.1, -0.05) is 0 Å². The van der Waals surface area contributed by atoms with Gasteiger partial charge in [0.15, 0.2) is 0 Å². The Kier molecular flexibility index (Phi) is 2.45. The summed E-state index contributed by atoms with van der Waals surface area (Å²) in [7, 11) is 0. The summed E-state index contributed by atoms with van der Waals surface area (Å²) in [4.78, 5) is 14.6. The molecular formula is C10H11NO3. The molecule has 0 aromatic carbocycles. The van der Waals surface area contributed by atoms with Crippen LogP contribution < -0.4 is 0 Å². The predicted molar refractivity (Wildman–Crippen MR) is 49.1 cm³/mol. The van der Waals surface area contributed by atoms with Gasteiger partial charge in [0.25, 0.3) is 0 Å². The van der Waals surface area contributed by atoms with Crippen molar-refractivity contribution in [1.82, 2.24) is 4.98 Å². The Morgan fingerprint density at radius 3 is 2.93 bits per heavy atom. The number of ether oxygens (including phenoxy) is 1. The first-order chi connectivity index (χ1) is 6.77. The molecule has 14 heavy (non-hydrogen) atoms. The summed E-state index contributed by atoms with van der Waals surface area (Å²) in [6.45, 7) is 0.771. The number of carboxylic acids is 1. The van der Waals surface area contributed by atoms with Crippen molar-refractivity contribution < 1.29 is 14.6 Å². The van der Waals surface area contributed by atoms with Gasteiger partial charge in [-0.3, -0.25) is 4.98 Å². The molecule has 2 heterocycles. The van der Waals surface area contributed by atoms with Gasteiger partial charge in [0.1, 0.15) is 0 Å². The molecule has 2 rings (SSSR count). The fraction of sp³-hybridized carbons (Fsp3) is 0.400. The second kappa shape index (κ2) is 3.75. The van der Waals surface area contributed by atoms with Crippen molar-refractivity contribution in [2.24, 2.45) is 0 Å². The molecule has 0 radical (unpaired) electrons. The summed E-state index contributed by atoms with van der Waals surface area (Å²) >= 11 is 0.